The minimum absolute atomic E-state index is 0.621. The van der Waals surface area contributed by atoms with Crippen molar-refractivity contribution in [3.63, 3.8) is 0 Å². The molecule has 1 aromatic heterocycles. The Labute approximate surface area is 146 Å². The Morgan fingerprint density at radius 1 is 0.958 bits per heavy atom. The van der Waals surface area contributed by atoms with Crippen LogP contribution in [0.15, 0.2) is 47.8 Å². The Balaban J connectivity index is 1.45. The molecule has 2 aliphatic rings. The number of nitrogens with zero attached hydrogens (tertiary/aromatic N) is 1. The summed E-state index contributed by atoms with van der Waals surface area (Å²) in [7, 11) is 0. The summed E-state index contributed by atoms with van der Waals surface area (Å²) in [6.07, 6.45) is 6.31. The number of nitrogens with one attached hydrogen (secondary N) is 1. The lowest BCUT2D eigenvalue weighted by molar-refractivity contribution is 0.754. The van der Waals surface area contributed by atoms with Gasteiger partial charge < -0.3 is 5.32 Å². The Morgan fingerprint density at radius 2 is 1.79 bits per heavy atom. The van der Waals surface area contributed by atoms with E-state index < -0.39 is 0 Å². The Kier molecular flexibility index (Phi) is 3.41. The molecule has 0 atom stereocenters. The predicted octanol–water partition coefficient (Wildman–Crippen LogP) is 5.74. The van der Waals surface area contributed by atoms with E-state index in [1.807, 2.05) is 0 Å². The molecular formula is C21H20N2S. The number of rotatable bonds is 3. The minimum Gasteiger partial charge on any atom is -0.359 e. The summed E-state index contributed by atoms with van der Waals surface area (Å²) in [4.78, 5) is 4.83. The van der Waals surface area contributed by atoms with Gasteiger partial charge in [-0.15, -0.1) is 11.3 Å². The van der Waals surface area contributed by atoms with E-state index in [1.165, 1.54) is 53.5 Å². The number of hydrogen-bond donors (Lipinski definition) is 1. The SMILES string of the molecule is c1ccc2c(c1)Cc1ccc(-c3csc(NC4CCCC4)n3)cc1-2. The maximum Gasteiger partial charge on any atom is 0.183 e. The highest BCUT2D eigenvalue weighted by atomic mass is 32.1. The van der Waals surface area contributed by atoms with Gasteiger partial charge in [-0.1, -0.05) is 49.2 Å². The molecule has 0 bridgehead atoms. The van der Waals surface area contributed by atoms with Gasteiger partial charge >= 0.3 is 0 Å². The van der Waals surface area contributed by atoms with Crippen LogP contribution in [0.3, 0.4) is 0 Å². The largest absolute Gasteiger partial charge is 0.359 e. The first-order chi connectivity index (χ1) is 11.9. The fraction of sp³-hybridized carbons (Fsp3) is 0.286. The second-order valence-electron chi connectivity index (χ2n) is 6.87. The molecular weight excluding hydrogens is 312 g/mol. The standard InChI is InChI=1S/C21H20N2S/c1-4-8-18-14(5-1)11-15-9-10-16(12-19(15)18)20-13-24-21(23-20)22-17-6-2-3-7-17/h1,4-5,8-10,12-13,17H,2-3,6-7,11H2,(H,22,23). The summed E-state index contributed by atoms with van der Waals surface area (Å²) in [5.74, 6) is 0. The lowest BCUT2D eigenvalue weighted by Crippen LogP contribution is -2.13. The average molecular weight is 332 g/mol. The Bertz CT molecular complexity index is 890. The van der Waals surface area contributed by atoms with Crippen molar-refractivity contribution < 1.29 is 0 Å². The monoisotopic (exact) mass is 332 g/mol. The predicted molar refractivity (Wildman–Crippen MR) is 102 cm³/mol. The van der Waals surface area contributed by atoms with Gasteiger partial charge in [0.1, 0.15) is 0 Å². The Morgan fingerprint density at radius 3 is 2.71 bits per heavy atom. The van der Waals surface area contributed by atoms with Crippen LogP contribution in [0, 0.1) is 0 Å². The molecule has 2 aliphatic carbocycles. The molecule has 0 saturated heterocycles. The van der Waals surface area contributed by atoms with Crippen molar-refractivity contribution in [1.82, 2.24) is 4.98 Å². The molecule has 1 fully saturated rings. The van der Waals surface area contributed by atoms with Crippen molar-refractivity contribution >= 4 is 16.5 Å². The Hall–Kier alpha value is -2.13. The fourth-order valence-corrected chi connectivity index (χ4v) is 4.80. The third kappa shape index (κ3) is 2.44. The minimum atomic E-state index is 0.621. The molecule has 3 heteroatoms. The van der Waals surface area contributed by atoms with Gasteiger partial charge in [0.2, 0.25) is 0 Å². The number of anilines is 1. The molecule has 24 heavy (non-hydrogen) atoms. The van der Waals surface area contributed by atoms with Crippen LogP contribution in [0.5, 0.6) is 0 Å². The van der Waals surface area contributed by atoms with Crippen molar-refractivity contribution in [1.29, 1.82) is 0 Å². The number of thiazole rings is 1. The van der Waals surface area contributed by atoms with Gasteiger partial charge in [-0.25, -0.2) is 4.98 Å². The van der Waals surface area contributed by atoms with Crippen LogP contribution in [0.2, 0.25) is 0 Å². The van der Waals surface area contributed by atoms with Crippen LogP contribution >= 0.6 is 11.3 Å². The van der Waals surface area contributed by atoms with E-state index in [4.69, 9.17) is 4.98 Å². The first-order valence-electron chi connectivity index (χ1n) is 8.80. The zero-order chi connectivity index (χ0) is 15.9. The van der Waals surface area contributed by atoms with Crippen LogP contribution in [0.4, 0.5) is 5.13 Å². The van der Waals surface area contributed by atoms with Gasteiger partial charge in [0.25, 0.3) is 0 Å². The number of aromatic nitrogens is 1. The van der Waals surface area contributed by atoms with E-state index in [9.17, 15) is 0 Å². The van der Waals surface area contributed by atoms with Gasteiger partial charge in [0.05, 0.1) is 5.69 Å². The molecule has 3 aromatic rings. The van der Waals surface area contributed by atoms with E-state index in [2.05, 4.69) is 53.2 Å². The number of fused-ring (bicyclic) bond motifs is 3. The molecule has 0 radical (unpaired) electrons. The van der Waals surface area contributed by atoms with E-state index >= 15 is 0 Å². The lowest BCUT2D eigenvalue weighted by atomic mass is 10.0. The highest BCUT2D eigenvalue weighted by Crippen LogP contribution is 2.39. The van der Waals surface area contributed by atoms with Crippen molar-refractivity contribution in [2.45, 2.75) is 38.1 Å². The first-order valence-corrected chi connectivity index (χ1v) is 9.68. The third-order valence-corrected chi connectivity index (χ3v) is 6.05. The molecule has 1 N–H and O–H groups in total. The molecule has 5 rings (SSSR count). The fourth-order valence-electron chi connectivity index (χ4n) is 4.00. The van der Waals surface area contributed by atoms with Crippen molar-refractivity contribution in [2.75, 3.05) is 5.32 Å². The summed E-state index contributed by atoms with van der Waals surface area (Å²) in [5, 5.41) is 6.85. The zero-order valence-corrected chi connectivity index (χ0v) is 14.4. The summed E-state index contributed by atoms with van der Waals surface area (Å²) in [6, 6.07) is 16.2. The maximum atomic E-state index is 4.83. The van der Waals surface area contributed by atoms with Gasteiger partial charge in [-0.05, 0) is 47.6 Å². The van der Waals surface area contributed by atoms with Crippen LogP contribution in [-0.2, 0) is 6.42 Å². The second kappa shape index (κ2) is 5.75. The summed E-state index contributed by atoms with van der Waals surface area (Å²) < 4.78 is 0. The third-order valence-electron chi connectivity index (χ3n) is 5.28. The molecule has 0 aliphatic heterocycles. The molecule has 2 aromatic carbocycles. The normalized spacial score (nSPS) is 16.2. The van der Waals surface area contributed by atoms with Gasteiger partial charge in [-0.2, -0.15) is 0 Å². The van der Waals surface area contributed by atoms with E-state index in [1.54, 1.807) is 11.3 Å². The average Bonchev–Trinajstić information content (AvgIpc) is 3.34. The smallest absolute Gasteiger partial charge is 0.183 e. The molecule has 120 valence electrons. The van der Waals surface area contributed by atoms with Crippen molar-refractivity contribution in [3.8, 4) is 22.4 Å². The van der Waals surface area contributed by atoms with E-state index in [-0.39, 0.29) is 0 Å². The second-order valence-corrected chi connectivity index (χ2v) is 7.73. The topological polar surface area (TPSA) is 24.9 Å². The zero-order valence-electron chi connectivity index (χ0n) is 13.6. The van der Waals surface area contributed by atoms with Crippen LogP contribution in [-0.4, -0.2) is 11.0 Å². The lowest BCUT2D eigenvalue weighted by Gasteiger charge is -2.09. The maximum absolute atomic E-state index is 4.83. The summed E-state index contributed by atoms with van der Waals surface area (Å²) >= 11 is 1.73. The molecule has 2 nitrogen and oxygen atoms in total. The molecule has 0 unspecified atom stereocenters. The quantitative estimate of drug-likeness (QED) is 0.518. The summed E-state index contributed by atoms with van der Waals surface area (Å²) in [6.45, 7) is 0. The molecule has 1 heterocycles. The van der Waals surface area contributed by atoms with Gasteiger partial charge in [0, 0.05) is 17.0 Å². The summed E-state index contributed by atoms with van der Waals surface area (Å²) in [5.41, 5.74) is 7.94. The number of hydrogen-bond acceptors (Lipinski definition) is 3. The van der Waals surface area contributed by atoms with Crippen molar-refractivity contribution in [3.05, 3.63) is 59.0 Å². The molecule has 1 saturated carbocycles. The van der Waals surface area contributed by atoms with E-state index in [0.717, 1.165) is 17.2 Å². The van der Waals surface area contributed by atoms with Crippen molar-refractivity contribution in [2.24, 2.45) is 0 Å². The van der Waals surface area contributed by atoms with Crippen LogP contribution in [0.1, 0.15) is 36.8 Å². The molecule has 0 amide bonds. The van der Waals surface area contributed by atoms with Gasteiger partial charge in [-0.3, -0.25) is 0 Å². The van der Waals surface area contributed by atoms with Gasteiger partial charge in [0.15, 0.2) is 5.13 Å². The first kappa shape index (κ1) is 14.2. The van der Waals surface area contributed by atoms with E-state index in [0.29, 0.717) is 6.04 Å². The molecule has 0 spiro atoms. The number of benzene rings is 2. The highest BCUT2D eigenvalue weighted by Gasteiger charge is 2.19. The van der Waals surface area contributed by atoms with Crippen LogP contribution < -0.4 is 5.32 Å². The van der Waals surface area contributed by atoms with Crippen LogP contribution in [0.25, 0.3) is 22.4 Å². The highest BCUT2D eigenvalue weighted by molar-refractivity contribution is 7.14.